The quantitative estimate of drug-likeness (QED) is 0.741. The molecular formula is C8H8F2N2O2. The molecular weight excluding hydrogens is 194 g/mol. The van der Waals surface area contributed by atoms with Gasteiger partial charge in [-0.05, 0) is 12.5 Å². The van der Waals surface area contributed by atoms with Gasteiger partial charge in [-0.2, -0.15) is 0 Å². The van der Waals surface area contributed by atoms with Crippen molar-refractivity contribution < 1.29 is 13.6 Å². The van der Waals surface area contributed by atoms with Gasteiger partial charge in [-0.1, -0.05) is 0 Å². The Morgan fingerprint density at radius 2 is 2.14 bits per heavy atom. The minimum atomic E-state index is -2.93. The van der Waals surface area contributed by atoms with E-state index in [0.717, 1.165) is 6.07 Å². The molecule has 1 aromatic heterocycles. The molecule has 0 bridgehead atoms. The molecule has 1 aromatic rings. The number of alkyl halides is 2. The summed E-state index contributed by atoms with van der Waals surface area (Å²) in [4.78, 5) is 23.6. The largest absolute Gasteiger partial charge is 0.366 e. The molecule has 0 aliphatic heterocycles. The number of nitrogens with two attached hydrogens (primary N) is 1. The smallest absolute Gasteiger partial charge is 0.279 e. The molecule has 0 unspecified atom stereocenters. The first kappa shape index (κ1) is 10.4. The van der Waals surface area contributed by atoms with Crippen molar-refractivity contribution >= 4 is 5.91 Å². The Labute approximate surface area is 77.7 Å². The summed E-state index contributed by atoms with van der Waals surface area (Å²) in [5.41, 5.74) is 3.34. The van der Waals surface area contributed by atoms with Crippen LogP contribution in [0.1, 0.15) is 28.0 Å². The number of carbonyl (C=O) groups excluding carboxylic acids is 1. The van der Waals surface area contributed by atoms with Crippen LogP contribution in [0.2, 0.25) is 0 Å². The summed E-state index contributed by atoms with van der Waals surface area (Å²) in [6.45, 7) is 1.38. The second kappa shape index (κ2) is 3.57. The number of carbonyl (C=O) groups is 1. The number of aryl methyl sites for hydroxylation is 1. The summed E-state index contributed by atoms with van der Waals surface area (Å²) in [6.07, 6.45) is -2.93. The minimum absolute atomic E-state index is 0.150. The Morgan fingerprint density at radius 1 is 1.57 bits per heavy atom. The molecule has 0 atom stereocenters. The van der Waals surface area contributed by atoms with Crippen molar-refractivity contribution in [2.24, 2.45) is 5.73 Å². The van der Waals surface area contributed by atoms with Crippen LogP contribution in [0.15, 0.2) is 10.9 Å². The third-order valence-electron chi connectivity index (χ3n) is 1.73. The summed E-state index contributed by atoms with van der Waals surface area (Å²) < 4.78 is 24.7. The molecule has 3 N–H and O–H groups in total. The van der Waals surface area contributed by atoms with Crippen molar-refractivity contribution in [3.63, 3.8) is 0 Å². The zero-order valence-corrected chi connectivity index (χ0v) is 7.30. The second-order valence-corrected chi connectivity index (χ2v) is 2.77. The first-order chi connectivity index (χ1) is 6.43. The van der Waals surface area contributed by atoms with E-state index in [9.17, 15) is 18.4 Å². The number of amides is 1. The van der Waals surface area contributed by atoms with E-state index >= 15 is 0 Å². The van der Waals surface area contributed by atoms with Gasteiger partial charge in [0.2, 0.25) is 5.56 Å². The second-order valence-electron chi connectivity index (χ2n) is 2.77. The summed E-state index contributed by atoms with van der Waals surface area (Å²) >= 11 is 0. The van der Waals surface area contributed by atoms with Crippen molar-refractivity contribution in [3.05, 3.63) is 33.2 Å². The third-order valence-corrected chi connectivity index (χ3v) is 1.73. The van der Waals surface area contributed by atoms with Crippen LogP contribution in [0, 0.1) is 6.92 Å². The van der Waals surface area contributed by atoms with Gasteiger partial charge in [0.1, 0.15) is 0 Å². The van der Waals surface area contributed by atoms with E-state index in [1.54, 1.807) is 0 Å². The van der Waals surface area contributed by atoms with E-state index in [1.165, 1.54) is 6.92 Å². The highest BCUT2D eigenvalue weighted by molar-refractivity contribution is 5.95. The molecule has 0 aromatic carbocycles. The van der Waals surface area contributed by atoms with Crippen LogP contribution in [0.5, 0.6) is 0 Å². The predicted octanol–water partition coefficient (Wildman–Crippen LogP) is 0.720. The summed E-state index contributed by atoms with van der Waals surface area (Å²) in [6, 6.07) is 1.05. The molecule has 6 heteroatoms. The highest BCUT2D eigenvalue weighted by Gasteiger charge is 2.19. The molecule has 1 amide bonds. The van der Waals surface area contributed by atoms with Gasteiger partial charge in [0.15, 0.2) is 0 Å². The zero-order valence-electron chi connectivity index (χ0n) is 7.30. The van der Waals surface area contributed by atoms with E-state index < -0.39 is 23.6 Å². The van der Waals surface area contributed by atoms with Crippen LogP contribution in [0.4, 0.5) is 8.78 Å². The van der Waals surface area contributed by atoms with E-state index in [1.807, 2.05) is 4.98 Å². The van der Waals surface area contributed by atoms with Gasteiger partial charge in [-0.3, -0.25) is 9.59 Å². The SMILES string of the molecule is Cc1cc(=O)[nH]c(C(F)F)c1C(N)=O. The van der Waals surface area contributed by atoms with Crippen molar-refractivity contribution in [3.8, 4) is 0 Å². The van der Waals surface area contributed by atoms with Crippen LogP contribution in [-0.4, -0.2) is 10.9 Å². The average molecular weight is 202 g/mol. The van der Waals surface area contributed by atoms with Crippen molar-refractivity contribution in [2.45, 2.75) is 13.3 Å². The van der Waals surface area contributed by atoms with Crippen LogP contribution >= 0.6 is 0 Å². The fourth-order valence-corrected chi connectivity index (χ4v) is 1.20. The Balaban J connectivity index is 3.52. The van der Waals surface area contributed by atoms with Gasteiger partial charge in [0.05, 0.1) is 11.3 Å². The Bertz CT molecular complexity index is 426. The fourth-order valence-electron chi connectivity index (χ4n) is 1.20. The standard InChI is InChI=1S/C8H8F2N2O2/c1-3-2-4(13)12-6(7(9)10)5(3)8(11)14/h2,7H,1H3,(H2,11,14)(H,12,13). The Morgan fingerprint density at radius 3 is 2.57 bits per heavy atom. The van der Waals surface area contributed by atoms with Crippen molar-refractivity contribution in [2.75, 3.05) is 0 Å². The maximum Gasteiger partial charge on any atom is 0.279 e. The van der Waals surface area contributed by atoms with Crippen LogP contribution < -0.4 is 11.3 Å². The highest BCUT2D eigenvalue weighted by atomic mass is 19.3. The molecule has 0 radical (unpaired) electrons. The Hall–Kier alpha value is -1.72. The summed E-state index contributed by atoms with van der Waals surface area (Å²) in [7, 11) is 0. The molecule has 0 saturated heterocycles. The van der Waals surface area contributed by atoms with Gasteiger partial charge in [-0.15, -0.1) is 0 Å². The van der Waals surface area contributed by atoms with Crippen LogP contribution in [-0.2, 0) is 0 Å². The molecule has 0 spiro atoms. The van der Waals surface area contributed by atoms with E-state index in [0.29, 0.717) is 0 Å². The highest BCUT2D eigenvalue weighted by Crippen LogP contribution is 2.20. The van der Waals surface area contributed by atoms with Gasteiger partial charge < -0.3 is 10.7 Å². The number of halogens is 2. The lowest BCUT2D eigenvalue weighted by Gasteiger charge is -2.07. The summed E-state index contributed by atoms with van der Waals surface area (Å²) in [5.74, 6) is -0.978. The van der Waals surface area contributed by atoms with Gasteiger partial charge in [-0.25, -0.2) is 8.78 Å². The normalized spacial score (nSPS) is 10.6. The fraction of sp³-hybridized carbons (Fsp3) is 0.250. The molecule has 76 valence electrons. The number of hydrogen-bond donors (Lipinski definition) is 2. The number of hydrogen-bond acceptors (Lipinski definition) is 2. The van der Waals surface area contributed by atoms with Gasteiger partial charge >= 0.3 is 0 Å². The topological polar surface area (TPSA) is 75.9 Å². The molecule has 1 rings (SSSR count). The predicted molar refractivity (Wildman–Crippen MR) is 45.3 cm³/mol. The van der Waals surface area contributed by atoms with Crippen LogP contribution in [0.3, 0.4) is 0 Å². The number of aromatic amines is 1. The molecule has 0 aliphatic carbocycles. The van der Waals surface area contributed by atoms with Crippen LogP contribution in [0.25, 0.3) is 0 Å². The summed E-state index contributed by atoms with van der Waals surface area (Å²) in [5, 5.41) is 0. The first-order valence-electron chi connectivity index (χ1n) is 3.75. The number of aromatic nitrogens is 1. The van der Waals surface area contributed by atoms with Crippen molar-refractivity contribution in [1.82, 2.24) is 4.98 Å². The van der Waals surface area contributed by atoms with Gasteiger partial charge in [0.25, 0.3) is 12.3 Å². The Kier molecular flexibility index (Phi) is 2.64. The number of pyridine rings is 1. The maximum absolute atomic E-state index is 12.4. The third kappa shape index (κ3) is 1.78. The molecule has 0 aliphatic rings. The average Bonchev–Trinajstić information content (AvgIpc) is 2.01. The molecule has 14 heavy (non-hydrogen) atoms. The van der Waals surface area contributed by atoms with E-state index in [2.05, 4.69) is 0 Å². The van der Waals surface area contributed by atoms with Gasteiger partial charge in [0, 0.05) is 6.07 Å². The van der Waals surface area contributed by atoms with E-state index in [4.69, 9.17) is 5.73 Å². The number of rotatable bonds is 2. The molecule has 0 saturated carbocycles. The molecule has 1 heterocycles. The number of primary amides is 1. The lowest BCUT2D eigenvalue weighted by Crippen LogP contribution is -2.21. The monoisotopic (exact) mass is 202 g/mol. The minimum Gasteiger partial charge on any atom is -0.366 e. The number of nitrogens with one attached hydrogen (secondary N) is 1. The molecule has 0 fully saturated rings. The lowest BCUT2D eigenvalue weighted by atomic mass is 10.1. The number of H-pyrrole nitrogens is 1. The van der Waals surface area contributed by atoms with Crippen molar-refractivity contribution in [1.29, 1.82) is 0 Å². The zero-order chi connectivity index (χ0) is 10.9. The van der Waals surface area contributed by atoms with E-state index in [-0.39, 0.29) is 11.1 Å². The lowest BCUT2D eigenvalue weighted by molar-refractivity contribution is 0.0982. The first-order valence-corrected chi connectivity index (χ1v) is 3.75. The molecule has 4 nitrogen and oxygen atoms in total. The maximum atomic E-state index is 12.4.